The summed E-state index contributed by atoms with van der Waals surface area (Å²) >= 11 is 0. The minimum atomic E-state index is -4.31. The third-order valence-corrected chi connectivity index (χ3v) is 3.33. The smallest absolute Gasteiger partial charge is 0.332 e. The maximum Gasteiger partial charge on any atom is 0.332 e. The number of nitrogens with one attached hydrogen (secondary N) is 1. The highest BCUT2D eigenvalue weighted by molar-refractivity contribution is 7.86. The number of rotatable bonds is 3. The fourth-order valence-corrected chi connectivity index (χ4v) is 2.14. The lowest BCUT2D eigenvalue weighted by Gasteiger charge is -2.26. The number of anilines is 1. The average Bonchev–Trinajstić information content (AvgIpc) is 2.22. The summed E-state index contributed by atoms with van der Waals surface area (Å²) in [5.74, 6) is -0.437. The molecule has 0 amide bonds. The lowest BCUT2D eigenvalue weighted by molar-refractivity contribution is -0.159. The molecule has 0 saturated carbocycles. The molecule has 0 spiro atoms. The van der Waals surface area contributed by atoms with E-state index in [0.29, 0.717) is 0 Å². The van der Waals surface area contributed by atoms with Crippen molar-refractivity contribution in [1.82, 2.24) is 0 Å². The molecule has 1 atom stereocenters. The third-order valence-electron chi connectivity index (χ3n) is 2.42. The zero-order valence-corrected chi connectivity index (χ0v) is 9.82. The van der Waals surface area contributed by atoms with Crippen LogP contribution in [-0.4, -0.2) is 31.6 Å². The van der Waals surface area contributed by atoms with Crippen molar-refractivity contribution in [2.24, 2.45) is 0 Å². The second-order valence-electron chi connectivity index (χ2n) is 3.80. The normalized spacial score (nSPS) is 19.4. The first-order valence-electron chi connectivity index (χ1n) is 4.89. The number of esters is 1. The Morgan fingerprint density at radius 2 is 2.18 bits per heavy atom. The van der Waals surface area contributed by atoms with Gasteiger partial charge in [0.15, 0.2) is 6.04 Å². The van der Waals surface area contributed by atoms with Crippen LogP contribution in [-0.2, 0) is 19.6 Å². The number of hydrogen-bond acceptors (Lipinski definition) is 5. The molecule has 1 unspecified atom stereocenters. The van der Waals surface area contributed by atoms with Crippen molar-refractivity contribution in [3.05, 3.63) is 23.8 Å². The molecule has 0 radical (unpaired) electrons. The van der Waals surface area contributed by atoms with E-state index in [1.54, 1.807) is 19.1 Å². The first-order chi connectivity index (χ1) is 7.88. The van der Waals surface area contributed by atoms with Crippen molar-refractivity contribution in [3.8, 4) is 0 Å². The van der Waals surface area contributed by atoms with Crippen LogP contribution in [0.2, 0.25) is 0 Å². The van der Waals surface area contributed by atoms with Crippen molar-refractivity contribution in [3.63, 3.8) is 0 Å². The minimum Gasteiger partial charge on any atom is -0.461 e. The van der Waals surface area contributed by atoms with Gasteiger partial charge in [-0.2, -0.15) is 8.42 Å². The Morgan fingerprint density at radius 1 is 1.47 bits per heavy atom. The summed E-state index contributed by atoms with van der Waals surface area (Å²) in [5, 5.41) is 2.73. The predicted octanol–water partition coefficient (Wildman–Crippen LogP) is 0.579. The van der Waals surface area contributed by atoms with Crippen LogP contribution in [0.25, 0.3) is 0 Å². The van der Waals surface area contributed by atoms with Crippen LogP contribution in [0.5, 0.6) is 0 Å². The molecule has 1 heterocycles. The standard InChI is InChI=1S/C10H11NO5S/c1-6-2-3-9(17(13,14)15)7(4-6)11-8-5-16-10(8)12/h2-4,8,11H,5H2,1H3,(H,13,14,15). The third kappa shape index (κ3) is 2.40. The van der Waals surface area contributed by atoms with E-state index in [9.17, 15) is 13.2 Å². The molecule has 92 valence electrons. The van der Waals surface area contributed by atoms with E-state index < -0.39 is 22.1 Å². The Hall–Kier alpha value is -1.60. The van der Waals surface area contributed by atoms with Gasteiger partial charge < -0.3 is 10.1 Å². The maximum atomic E-state index is 11.1. The molecular formula is C10H11NO5S. The second-order valence-corrected chi connectivity index (χ2v) is 5.19. The predicted molar refractivity (Wildman–Crippen MR) is 59.4 cm³/mol. The first-order valence-corrected chi connectivity index (χ1v) is 6.33. The lowest BCUT2D eigenvalue weighted by atomic mass is 10.2. The van der Waals surface area contributed by atoms with E-state index >= 15 is 0 Å². The highest BCUT2D eigenvalue weighted by Gasteiger charge is 2.32. The summed E-state index contributed by atoms with van der Waals surface area (Å²) in [6.45, 7) is 1.97. The van der Waals surface area contributed by atoms with Gasteiger partial charge in [0.2, 0.25) is 0 Å². The van der Waals surface area contributed by atoms with Gasteiger partial charge in [-0.05, 0) is 24.6 Å². The molecule has 1 saturated heterocycles. The van der Waals surface area contributed by atoms with Crippen LogP contribution >= 0.6 is 0 Å². The zero-order valence-electron chi connectivity index (χ0n) is 9.00. The minimum absolute atomic E-state index is 0.192. The van der Waals surface area contributed by atoms with Crippen molar-refractivity contribution in [1.29, 1.82) is 0 Å². The van der Waals surface area contributed by atoms with Crippen LogP contribution < -0.4 is 5.32 Å². The first kappa shape index (κ1) is 11.9. The van der Waals surface area contributed by atoms with Crippen LogP contribution in [0.15, 0.2) is 23.1 Å². The van der Waals surface area contributed by atoms with Gasteiger partial charge in [0.25, 0.3) is 10.1 Å². The van der Waals surface area contributed by atoms with Gasteiger partial charge in [-0.1, -0.05) is 6.07 Å². The quantitative estimate of drug-likeness (QED) is 0.607. The van der Waals surface area contributed by atoms with E-state index in [1.165, 1.54) is 6.07 Å². The molecule has 1 fully saturated rings. The molecule has 6 nitrogen and oxygen atoms in total. The molecule has 7 heteroatoms. The van der Waals surface area contributed by atoms with E-state index in [4.69, 9.17) is 4.55 Å². The van der Waals surface area contributed by atoms with Gasteiger partial charge in [-0.25, -0.2) is 4.79 Å². The molecule has 0 aromatic heterocycles. The van der Waals surface area contributed by atoms with E-state index in [2.05, 4.69) is 10.1 Å². The average molecular weight is 257 g/mol. The zero-order chi connectivity index (χ0) is 12.6. The number of ether oxygens (including phenoxy) is 1. The maximum absolute atomic E-state index is 11.1. The number of carbonyl (C=O) groups is 1. The number of hydrogen-bond donors (Lipinski definition) is 2. The van der Waals surface area contributed by atoms with Crippen LogP contribution in [0.4, 0.5) is 5.69 Å². The summed E-state index contributed by atoms with van der Waals surface area (Å²) in [6, 6.07) is 3.84. The van der Waals surface area contributed by atoms with Gasteiger partial charge in [-0.3, -0.25) is 4.55 Å². The fraction of sp³-hybridized carbons (Fsp3) is 0.300. The highest BCUT2D eigenvalue weighted by Crippen LogP contribution is 2.24. The van der Waals surface area contributed by atoms with Gasteiger partial charge in [0.05, 0.1) is 5.69 Å². The van der Waals surface area contributed by atoms with Crippen molar-refractivity contribution in [2.45, 2.75) is 17.9 Å². The molecule has 0 aliphatic carbocycles. The van der Waals surface area contributed by atoms with E-state index in [-0.39, 0.29) is 17.2 Å². The topological polar surface area (TPSA) is 92.7 Å². The molecule has 2 rings (SSSR count). The van der Waals surface area contributed by atoms with Crippen molar-refractivity contribution >= 4 is 21.8 Å². The van der Waals surface area contributed by atoms with Crippen molar-refractivity contribution in [2.75, 3.05) is 11.9 Å². The largest absolute Gasteiger partial charge is 0.461 e. The molecular weight excluding hydrogens is 246 g/mol. The summed E-state index contributed by atoms with van der Waals surface area (Å²) in [7, 11) is -4.31. The van der Waals surface area contributed by atoms with Crippen molar-refractivity contribution < 1.29 is 22.5 Å². The Bertz CT molecular complexity index is 566. The molecule has 17 heavy (non-hydrogen) atoms. The Morgan fingerprint density at radius 3 is 2.65 bits per heavy atom. The number of cyclic esters (lactones) is 1. The molecule has 0 bridgehead atoms. The van der Waals surface area contributed by atoms with Crippen LogP contribution in [0, 0.1) is 6.92 Å². The summed E-state index contributed by atoms with van der Waals surface area (Å²) < 4.78 is 35.9. The highest BCUT2D eigenvalue weighted by atomic mass is 32.2. The number of aryl methyl sites for hydroxylation is 1. The molecule has 2 N–H and O–H groups in total. The summed E-state index contributed by atoms with van der Waals surface area (Å²) in [6.07, 6.45) is 0. The van der Waals surface area contributed by atoms with Gasteiger partial charge in [0.1, 0.15) is 11.5 Å². The number of carbonyl (C=O) groups excluding carboxylic acids is 1. The molecule has 1 aliphatic rings. The Kier molecular flexibility index (Phi) is 2.80. The van der Waals surface area contributed by atoms with Gasteiger partial charge in [-0.15, -0.1) is 0 Å². The molecule has 1 aliphatic heterocycles. The molecule has 1 aromatic rings. The van der Waals surface area contributed by atoms with Crippen LogP contribution in [0.3, 0.4) is 0 Å². The summed E-state index contributed by atoms with van der Waals surface area (Å²) in [4.78, 5) is 10.7. The lowest BCUT2D eigenvalue weighted by Crippen LogP contribution is -2.46. The molecule has 1 aromatic carbocycles. The summed E-state index contributed by atoms with van der Waals surface area (Å²) in [5.41, 5.74) is 1.02. The van der Waals surface area contributed by atoms with Crippen LogP contribution in [0.1, 0.15) is 5.56 Å². The van der Waals surface area contributed by atoms with Gasteiger partial charge in [0, 0.05) is 0 Å². The van der Waals surface area contributed by atoms with E-state index in [1.807, 2.05) is 0 Å². The SMILES string of the molecule is Cc1ccc(S(=O)(=O)O)c(NC2COC2=O)c1. The Labute approximate surface area is 98.3 Å². The second kappa shape index (κ2) is 4.01. The fourth-order valence-electron chi connectivity index (χ4n) is 1.50. The van der Waals surface area contributed by atoms with Gasteiger partial charge >= 0.3 is 5.97 Å². The Balaban J connectivity index is 2.37. The van der Waals surface area contributed by atoms with E-state index in [0.717, 1.165) is 5.56 Å². The number of benzene rings is 1. The monoisotopic (exact) mass is 257 g/mol.